The van der Waals surface area contributed by atoms with Crippen molar-refractivity contribution in [3.8, 4) is 5.75 Å². The zero-order valence-electron chi connectivity index (χ0n) is 13.3. The summed E-state index contributed by atoms with van der Waals surface area (Å²) in [6.45, 7) is 1.23. The van der Waals surface area contributed by atoms with Gasteiger partial charge >= 0.3 is 12.2 Å². The van der Waals surface area contributed by atoms with Crippen LogP contribution in [0.2, 0.25) is 0 Å². The second-order valence-corrected chi connectivity index (χ2v) is 6.26. The fourth-order valence-electron chi connectivity index (χ4n) is 3.15. The van der Waals surface area contributed by atoms with Gasteiger partial charge in [0.05, 0.1) is 11.6 Å². The Morgan fingerprint density at radius 2 is 2.12 bits per heavy atom. The topological polar surface area (TPSA) is 78.0 Å². The highest BCUT2D eigenvalue weighted by molar-refractivity contribution is 5.99. The largest absolute Gasteiger partial charge is 0.487 e. The standard InChI is InChI=1S/C15H16F3N5O2/c1-23-13-8-2-10(20-7-4-19-5-7)9(15(16,17)18)3-12(8)25-6-11(13)21-22-14(23)24/h2-3,7,13,19-20H,4-6H2,1H3,(H,22,24). The number of anilines is 1. The van der Waals surface area contributed by atoms with Crippen LogP contribution in [0, 0.1) is 0 Å². The van der Waals surface area contributed by atoms with Crippen molar-refractivity contribution >= 4 is 17.4 Å². The summed E-state index contributed by atoms with van der Waals surface area (Å²) in [4.78, 5) is 13.3. The Hall–Kier alpha value is -2.49. The first-order chi connectivity index (χ1) is 11.8. The van der Waals surface area contributed by atoms with E-state index in [0.717, 1.165) is 6.07 Å². The quantitative estimate of drug-likeness (QED) is 0.752. The molecule has 7 nitrogen and oxygen atoms in total. The number of hydrogen-bond donors (Lipinski definition) is 3. The van der Waals surface area contributed by atoms with Crippen molar-refractivity contribution in [2.24, 2.45) is 5.10 Å². The highest BCUT2D eigenvalue weighted by atomic mass is 19.4. The molecule has 134 valence electrons. The molecule has 1 saturated heterocycles. The van der Waals surface area contributed by atoms with Gasteiger partial charge in [0.1, 0.15) is 24.1 Å². The molecule has 0 radical (unpaired) electrons. The molecule has 1 aromatic carbocycles. The summed E-state index contributed by atoms with van der Waals surface area (Å²) in [5.74, 6) is 0.120. The maximum absolute atomic E-state index is 13.5. The Labute approximate surface area is 141 Å². The summed E-state index contributed by atoms with van der Waals surface area (Å²) in [5, 5.41) is 9.91. The molecule has 3 N–H and O–H groups in total. The number of nitrogens with zero attached hydrogens (tertiary/aromatic N) is 2. The van der Waals surface area contributed by atoms with Crippen molar-refractivity contribution in [2.75, 3.05) is 32.1 Å². The SMILES string of the molecule is CN1C(=O)NN=C2COc3cc(C(F)(F)F)c(NC4CNC4)cc3C21. The lowest BCUT2D eigenvalue weighted by Gasteiger charge is -2.37. The number of rotatable bonds is 2. The van der Waals surface area contributed by atoms with Crippen molar-refractivity contribution < 1.29 is 22.7 Å². The number of hydrazone groups is 1. The van der Waals surface area contributed by atoms with Crippen LogP contribution in [0.25, 0.3) is 0 Å². The van der Waals surface area contributed by atoms with E-state index in [0.29, 0.717) is 24.4 Å². The Balaban J connectivity index is 1.81. The normalized spacial score (nSPS) is 22.9. The smallest absolute Gasteiger partial charge is 0.418 e. The fourth-order valence-corrected chi connectivity index (χ4v) is 3.15. The van der Waals surface area contributed by atoms with Gasteiger partial charge in [0.15, 0.2) is 0 Å². The molecule has 2 amide bonds. The summed E-state index contributed by atoms with van der Waals surface area (Å²) < 4.78 is 45.8. The summed E-state index contributed by atoms with van der Waals surface area (Å²) in [6.07, 6.45) is -4.51. The maximum Gasteiger partial charge on any atom is 0.418 e. The molecule has 0 aliphatic carbocycles. The molecule has 25 heavy (non-hydrogen) atoms. The maximum atomic E-state index is 13.5. The van der Waals surface area contributed by atoms with Crippen LogP contribution in [0.1, 0.15) is 17.2 Å². The van der Waals surface area contributed by atoms with Gasteiger partial charge in [0.25, 0.3) is 0 Å². The first-order valence-corrected chi connectivity index (χ1v) is 7.79. The molecule has 0 saturated carbocycles. The lowest BCUT2D eigenvalue weighted by molar-refractivity contribution is -0.137. The lowest BCUT2D eigenvalue weighted by atomic mass is 9.94. The van der Waals surface area contributed by atoms with E-state index < -0.39 is 23.8 Å². The summed E-state index contributed by atoms with van der Waals surface area (Å²) in [7, 11) is 1.57. The Morgan fingerprint density at radius 3 is 2.76 bits per heavy atom. The zero-order chi connectivity index (χ0) is 17.8. The summed E-state index contributed by atoms with van der Waals surface area (Å²) in [5.41, 5.74) is 2.60. The predicted molar refractivity (Wildman–Crippen MR) is 83.7 cm³/mol. The third kappa shape index (κ3) is 2.66. The molecule has 3 heterocycles. The summed E-state index contributed by atoms with van der Waals surface area (Å²) >= 11 is 0. The van der Waals surface area contributed by atoms with Crippen LogP contribution in [0.3, 0.4) is 0 Å². The molecule has 4 rings (SSSR count). The van der Waals surface area contributed by atoms with Gasteiger partial charge in [-0.2, -0.15) is 18.3 Å². The first kappa shape index (κ1) is 16.0. The van der Waals surface area contributed by atoms with Crippen LogP contribution in [0.5, 0.6) is 5.75 Å². The highest BCUT2D eigenvalue weighted by Gasteiger charge is 2.41. The molecule has 1 fully saturated rings. The molecular weight excluding hydrogens is 339 g/mol. The number of halogens is 3. The van der Waals surface area contributed by atoms with Crippen molar-refractivity contribution in [1.29, 1.82) is 0 Å². The van der Waals surface area contributed by atoms with Crippen LogP contribution in [0.15, 0.2) is 17.2 Å². The van der Waals surface area contributed by atoms with E-state index in [1.54, 1.807) is 7.05 Å². The van der Waals surface area contributed by atoms with Gasteiger partial charge in [0.2, 0.25) is 0 Å². The molecule has 1 atom stereocenters. The molecule has 0 spiro atoms. The Bertz CT molecular complexity index is 760. The molecule has 10 heteroatoms. The minimum absolute atomic E-state index is 0.0121. The molecule has 0 bridgehead atoms. The van der Waals surface area contributed by atoms with Crippen molar-refractivity contribution in [3.05, 3.63) is 23.3 Å². The van der Waals surface area contributed by atoms with Gasteiger partial charge in [-0.25, -0.2) is 10.2 Å². The van der Waals surface area contributed by atoms with E-state index >= 15 is 0 Å². The number of carbonyl (C=O) groups is 1. The number of hydrogen-bond acceptors (Lipinski definition) is 5. The number of ether oxygens (including phenoxy) is 1. The lowest BCUT2D eigenvalue weighted by Crippen LogP contribution is -2.52. The van der Waals surface area contributed by atoms with Crippen LogP contribution >= 0.6 is 0 Å². The van der Waals surface area contributed by atoms with Crippen LogP contribution < -0.4 is 20.8 Å². The van der Waals surface area contributed by atoms with E-state index in [-0.39, 0.29) is 24.1 Å². The van der Waals surface area contributed by atoms with Gasteiger partial charge in [-0.3, -0.25) is 0 Å². The number of amides is 2. The zero-order valence-corrected chi connectivity index (χ0v) is 13.3. The number of alkyl halides is 3. The molecular formula is C15H16F3N5O2. The van der Waals surface area contributed by atoms with E-state index in [9.17, 15) is 18.0 Å². The first-order valence-electron chi connectivity index (χ1n) is 7.79. The predicted octanol–water partition coefficient (Wildman–Crippen LogP) is 1.53. The van der Waals surface area contributed by atoms with Crippen molar-refractivity contribution in [1.82, 2.24) is 15.6 Å². The van der Waals surface area contributed by atoms with Crippen LogP contribution in [-0.2, 0) is 6.18 Å². The average Bonchev–Trinajstić information content (AvgIpc) is 2.52. The van der Waals surface area contributed by atoms with Crippen LogP contribution in [-0.4, -0.2) is 49.4 Å². The number of urea groups is 1. The number of nitrogens with one attached hydrogen (secondary N) is 3. The van der Waals surface area contributed by atoms with Gasteiger partial charge in [-0.05, 0) is 12.1 Å². The number of fused-ring (bicyclic) bond motifs is 3. The third-order valence-electron chi connectivity index (χ3n) is 4.59. The minimum atomic E-state index is -4.51. The van der Waals surface area contributed by atoms with Gasteiger partial charge in [-0.15, -0.1) is 0 Å². The van der Waals surface area contributed by atoms with Crippen molar-refractivity contribution in [2.45, 2.75) is 18.3 Å². The van der Waals surface area contributed by atoms with Gasteiger partial charge in [0, 0.05) is 31.4 Å². The van der Waals surface area contributed by atoms with Gasteiger partial charge in [-0.1, -0.05) is 0 Å². The monoisotopic (exact) mass is 355 g/mol. The van der Waals surface area contributed by atoms with Gasteiger partial charge < -0.3 is 20.3 Å². The molecule has 3 aliphatic rings. The average molecular weight is 355 g/mol. The van der Waals surface area contributed by atoms with Crippen LogP contribution in [0.4, 0.5) is 23.7 Å². The van der Waals surface area contributed by atoms with Crippen molar-refractivity contribution in [3.63, 3.8) is 0 Å². The molecule has 1 aromatic rings. The minimum Gasteiger partial charge on any atom is -0.487 e. The highest BCUT2D eigenvalue weighted by Crippen LogP contribution is 2.44. The summed E-state index contributed by atoms with van der Waals surface area (Å²) in [6, 6.07) is 1.40. The molecule has 1 unspecified atom stereocenters. The Kier molecular flexibility index (Phi) is 3.53. The van der Waals surface area contributed by atoms with E-state index in [1.165, 1.54) is 11.0 Å². The van der Waals surface area contributed by atoms with E-state index in [2.05, 4.69) is 21.2 Å². The Morgan fingerprint density at radius 1 is 1.36 bits per heavy atom. The van der Waals surface area contributed by atoms with E-state index in [1.807, 2.05) is 0 Å². The second kappa shape index (κ2) is 5.51. The van der Waals surface area contributed by atoms with E-state index in [4.69, 9.17) is 4.74 Å². The second-order valence-electron chi connectivity index (χ2n) is 6.26. The fraction of sp³-hybridized carbons (Fsp3) is 0.467. The molecule has 3 aliphatic heterocycles. The molecule has 0 aromatic heterocycles. The third-order valence-corrected chi connectivity index (χ3v) is 4.59. The number of benzene rings is 1. The number of carbonyl (C=O) groups excluding carboxylic acids is 1.